The molecule has 0 aliphatic carbocycles. The first kappa shape index (κ1) is 8.65. The minimum absolute atomic E-state index is 0.583. The Bertz CT molecular complexity index is 410. The quantitative estimate of drug-likeness (QED) is 0.853. The van der Waals surface area contributed by atoms with Crippen LogP contribution in [0.3, 0.4) is 0 Å². The van der Waals surface area contributed by atoms with Crippen molar-refractivity contribution in [1.29, 1.82) is 0 Å². The fraction of sp³-hybridized carbons (Fsp3) is 0. The lowest BCUT2D eigenvalue weighted by Crippen LogP contribution is -1.90. The third kappa shape index (κ3) is 1.87. The van der Waals surface area contributed by atoms with Crippen molar-refractivity contribution in [2.45, 2.75) is 0 Å². The van der Waals surface area contributed by atoms with Gasteiger partial charge in [0, 0.05) is 9.85 Å². The van der Waals surface area contributed by atoms with Gasteiger partial charge >= 0.3 is 0 Å². The predicted molar refractivity (Wildman–Crippen MR) is 57.5 cm³/mol. The van der Waals surface area contributed by atoms with Gasteiger partial charge in [-0.25, -0.2) is 9.97 Å². The summed E-state index contributed by atoms with van der Waals surface area (Å²) in [5.41, 5.74) is 6.06. The molecule has 13 heavy (non-hydrogen) atoms. The minimum Gasteiger partial charge on any atom is -0.396 e. The zero-order chi connectivity index (χ0) is 9.26. The Kier molecular flexibility index (Phi) is 2.28. The normalized spacial score (nSPS) is 10.2. The smallest absolute Gasteiger partial charge is 0.169 e. The van der Waals surface area contributed by atoms with Crippen LogP contribution in [0, 0.1) is 0 Å². The molecule has 2 aromatic heterocycles. The highest BCUT2D eigenvalue weighted by atomic mass is 79.9. The fourth-order valence-corrected chi connectivity index (χ4v) is 2.27. The van der Waals surface area contributed by atoms with E-state index in [0.717, 1.165) is 9.35 Å². The van der Waals surface area contributed by atoms with E-state index in [1.807, 2.05) is 11.4 Å². The third-order valence-electron chi connectivity index (χ3n) is 1.46. The van der Waals surface area contributed by atoms with Gasteiger partial charge in [0.05, 0.1) is 23.0 Å². The van der Waals surface area contributed by atoms with Crippen LogP contribution in [0.2, 0.25) is 0 Å². The Labute approximate surface area is 87.8 Å². The monoisotopic (exact) mass is 255 g/mol. The second kappa shape index (κ2) is 3.43. The van der Waals surface area contributed by atoms with Crippen LogP contribution in [-0.2, 0) is 0 Å². The van der Waals surface area contributed by atoms with Gasteiger partial charge in [0.15, 0.2) is 5.82 Å². The molecule has 0 saturated heterocycles. The maximum absolute atomic E-state index is 5.48. The first-order valence-corrected chi connectivity index (χ1v) is 5.25. The number of halogens is 1. The van der Waals surface area contributed by atoms with Crippen molar-refractivity contribution in [1.82, 2.24) is 9.97 Å². The highest BCUT2D eigenvalue weighted by Crippen LogP contribution is 2.27. The molecule has 2 aromatic rings. The van der Waals surface area contributed by atoms with Crippen molar-refractivity contribution >= 4 is 33.0 Å². The lowest BCUT2D eigenvalue weighted by Gasteiger charge is -1.94. The molecule has 5 heteroatoms. The van der Waals surface area contributed by atoms with E-state index in [9.17, 15) is 0 Å². The summed E-state index contributed by atoms with van der Waals surface area (Å²) in [5.74, 6) is 0.713. The van der Waals surface area contributed by atoms with E-state index in [0.29, 0.717) is 11.5 Å². The van der Waals surface area contributed by atoms with Crippen LogP contribution in [0.25, 0.3) is 10.7 Å². The molecule has 0 atom stereocenters. The number of rotatable bonds is 1. The summed E-state index contributed by atoms with van der Waals surface area (Å²) in [7, 11) is 0. The van der Waals surface area contributed by atoms with E-state index in [1.54, 1.807) is 23.7 Å². The average molecular weight is 256 g/mol. The van der Waals surface area contributed by atoms with Crippen molar-refractivity contribution in [2.75, 3.05) is 5.73 Å². The summed E-state index contributed by atoms with van der Waals surface area (Å²) in [4.78, 5) is 9.26. The molecule has 2 rings (SSSR count). The summed E-state index contributed by atoms with van der Waals surface area (Å²) in [6, 6.07) is 1.98. The molecule has 0 bridgehead atoms. The van der Waals surface area contributed by atoms with Crippen molar-refractivity contribution in [3.63, 3.8) is 0 Å². The SMILES string of the molecule is Nc1cnc(-c2cc(Br)cs2)nc1. The molecule has 0 fully saturated rings. The first-order valence-electron chi connectivity index (χ1n) is 3.57. The van der Waals surface area contributed by atoms with Crippen LogP contribution in [0.15, 0.2) is 28.3 Å². The predicted octanol–water partition coefficient (Wildman–Crippen LogP) is 2.55. The number of aromatic nitrogens is 2. The van der Waals surface area contributed by atoms with Gasteiger partial charge in [-0.05, 0) is 22.0 Å². The lowest BCUT2D eigenvalue weighted by molar-refractivity contribution is 1.19. The number of hydrogen-bond donors (Lipinski definition) is 1. The van der Waals surface area contributed by atoms with Gasteiger partial charge < -0.3 is 5.73 Å². The highest BCUT2D eigenvalue weighted by Gasteiger charge is 2.02. The van der Waals surface area contributed by atoms with Gasteiger partial charge in [0.2, 0.25) is 0 Å². The van der Waals surface area contributed by atoms with Crippen molar-refractivity contribution < 1.29 is 0 Å². The molecule has 0 radical (unpaired) electrons. The minimum atomic E-state index is 0.583. The maximum atomic E-state index is 5.48. The van der Waals surface area contributed by atoms with Gasteiger partial charge in [-0.2, -0.15) is 0 Å². The number of nitrogens with zero attached hydrogens (tertiary/aromatic N) is 2. The molecular weight excluding hydrogens is 250 g/mol. The summed E-state index contributed by atoms with van der Waals surface area (Å²) in [5, 5.41) is 2.00. The Balaban J connectivity index is 2.41. The van der Waals surface area contributed by atoms with Gasteiger partial charge in [-0.3, -0.25) is 0 Å². The Morgan fingerprint density at radius 3 is 2.54 bits per heavy atom. The van der Waals surface area contributed by atoms with E-state index in [1.165, 1.54) is 0 Å². The molecule has 0 aliphatic rings. The van der Waals surface area contributed by atoms with E-state index in [2.05, 4.69) is 25.9 Å². The van der Waals surface area contributed by atoms with E-state index in [-0.39, 0.29) is 0 Å². The molecule has 0 aromatic carbocycles. The highest BCUT2D eigenvalue weighted by molar-refractivity contribution is 9.10. The zero-order valence-corrected chi connectivity index (χ0v) is 8.97. The molecule has 0 unspecified atom stereocenters. The summed E-state index contributed by atoms with van der Waals surface area (Å²) in [6.07, 6.45) is 3.21. The van der Waals surface area contributed by atoms with Gasteiger partial charge in [0.25, 0.3) is 0 Å². The second-order valence-corrected chi connectivity index (χ2v) is 4.30. The van der Waals surface area contributed by atoms with Crippen LogP contribution in [-0.4, -0.2) is 9.97 Å². The summed E-state index contributed by atoms with van der Waals surface area (Å²) >= 11 is 4.97. The molecule has 0 spiro atoms. The van der Waals surface area contributed by atoms with Gasteiger partial charge in [-0.1, -0.05) is 0 Å². The lowest BCUT2D eigenvalue weighted by atomic mass is 10.4. The largest absolute Gasteiger partial charge is 0.396 e. The zero-order valence-electron chi connectivity index (χ0n) is 6.57. The van der Waals surface area contributed by atoms with E-state index in [4.69, 9.17) is 5.73 Å². The Morgan fingerprint density at radius 2 is 2.00 bits per heavy atom. The van der Waals surface area contributed by atoms with Crippen LogP contribution < -0.4 is 5.73 Å². The first-order chi connectivity index (χ1) is 6.25. The van der Waals surface area contributed by atoms with Crippen LogP contribution in [0.4, 0.5) is 5.69 Å². The molecule has 66 valence electrons. The van der Waals surface area contributed by atoms with Gasteiger partial charge in [0.1, 0.15) is 0 Å². The van der Waals surface area contributed by atoms with Crippen molar-refractivity contribution in [3.05, 3.63) is 28.3 Å². The van der Waals surface area contributed by atoms with E-state index < -0.39 is 0 Å². The number of thiophene rings is 1. The number of nitrogens with two attached hydrogens (primary N) is 1. The average Bonchev–Trinajstić information content (AvgIpc) is 2.53. The third-order valence-corrected chi connectivity index (χ3v) is 3.15. The van der Waals surface area contributed by atoms with Crippen LogP contribution in [0.1, 0.15) is 0 Å². The van der Waals surface area contributed by atoms with E-state index >= 15 is 0 Å². The van der Waals surface area contributed by atoms with Crippen LogP contribution >= 0.6 is 27.3 Å². The molecule has 2 N–H and O–H groups in total. The van der Waals surface area contributed by atoms with Crippen molar-refractivity contribution in [3.8, 4) is 10.7 Å². The molecule has 3 nitrogen and oxygen atoms in total. The summed E-state index contributed by atoms with van der Waals surface area (Å²) in [6.45, 7) is 0. The standard InChI is InChI=1S/C8H6BrN3S/c9-5-1-7(13-4-5)8-11-2-6(10)3-12-8/h1-4H,10H2. The fourth-order valence-electron chi connectivity index (χ4n) is 0.896. The van der Waals surface area contributed by atoms with Crippen molar-refractivity contribution in [2.24, 2.45) is 0 Å². The number of nitrogen functional groups attached to an aromatic ring is 1. The Morgan fingerprint density at radius 1 is 1.31 bits per heavy atom. The molecule has 0 aliphatic heterocycles. The Hall–Kier alpha value is -0.940. The second-order valence-electron chi connectivity index (χ2n) is 2.47. The number of hydrogen-bond acceptors (Lipinski definition) is 4. The van der Waals surface area contributed by atoms with Gasteiger partial charge in [-0.15, -0.1) is 11.3 Å². The molecule has 2 heterocycles. The maximum Gasteiger partial charge on any atom is 0.169 e. The molecular formula is C8H6BrN3S. The topological polar surface area (TPSA) is 51.8 Å². The summed E-state index contributed by atoms with van der Waals surface area (Å²) < 4.78 is 1.05. The molecule has 0 amide bonds. The number of anilines is 1. The molecule has 0 saturated carbocycles. The van der Waals surface area contributed by atoms with Crippen LogP contribution in [0.5, 0.6) is 0 Å².